The van der Waals surface area contributed by atoms with Gasteiger partial charge in [-0.25, -0.2) is 0 Å². The highest BCUT2D eigenvalue weighted by Crippen LogP contribution is 2.18. The molecule has 0 aliphatic carbocycles. The van der Waals surface area contributed by atoms with Crippen molar-refractivity contribution >= 4 is 17.9 Å². The minimum absolute atomic E-state index is 0.0776. The van der Waals surface area contributed by atoms with E-state index in [1.54, 1.807) is 0 Å². The van der Waals surface area contributed by atoms with Crippen LogP contribution >= 0.6 is 0 Å². The summed E-state index contributed by atoms with van der Waals surface area (Å²) in [6.07, 6.45) is 92.1. The van der Waals surface area contributed by atoms with Gasteiger partial charge in [-0.3, -0.25) is 14.4 Å². The molecule has 0 aromatic carbocycles. The minimum Gasteiger partial charge on any atom is -0.462 e. The second-order valence-corrected chi connectivity index (χ2v) is 24.1. The zero-order valence-electron chi connectivity index (χ0n) is 54.8. The van der Waals surface area contributed by atoms with Crippen molar-refractivity contribution in [2.24, 2.45) is 0 Å². The average Bonchev–Trinajstić information content (AvgIpc) is 3.47. The summed E-state index contributed by atoms with van der Waals surface area (Å²) in [5, 5.41) is 0. The zero-order valence-corrected chi connectivity index (χ0v) is 54.8. The van der Waals surface area contributed by atoms with Crippen LogP contribution in [0.15, 0.2) is 72.9 Å². The molecule has 0 amide bonds. The van der Waals surface area contributed by atoms with Crippen LogP contribution in [-0.4, -0.2) is 37.2 Å². The van der Waals surface area contributed by atoms with E-state index in [4.69, 9.17) is 14.2 Å². The van der Waals surface area contributed by atoms with Crippen molar-refractivity contribution < 1.29 is 28.6 Å². The van der Waals surface area contributed by atoms with Crippen LogP contribution < -0.4 is 0 Å². The first kappa shape index (κ1) is 78.8. The van der Waals surface area contributed by atoms with E-state index in [9.17, 15) is 14.4 Å². The molecule has 82 heavy (non-hydrogen) atoms. The lowest BCUT2D eigenvalue weighted by atomic mass is 10.0. The molecule has 0 rings (SSSR count). The predicted octanol–water partition coefficient (Wildman–Crippen LogP) is 24.8. The number of carbonyl (C=O) groups is 3. The maximum atomic E-state index is 13.0. The van der Waals surface area contributed by atoms with E-state index in [-0.39, 0.29) is 31.1 Å². The SMILES string of the molecule is CC/C=C\C/C=C\C/C=C\C/C=C\C/C=C\CCCCCCCCCCCC(=O)OCC(COC(=O)CCCCCCC/C=C\CCCCCCCCC)OC(=O)CCCCCCCCCCCCCCCCCCCCCCCCC. The van der Waals surface area contributed by atoms with Crippen molar-refractivity contribution in [1.29, 1.82) is 0 Å². The number of hydrogen-bond donors (Lipinski definition) is 0. The van der Waals surface area contributed by atoms with E-state index in [0.29, 0.717) is 19.3 Å². The Balaban J connectivity index is 4.33. The summed E-state index contributed by atoms with van der Waals surface area (Å²) in [5.41, 5.74) is 0. The first-order valence-corrected chi connectivity index (χ1v) is 35.9. The molecule has 0 aliphatic rings. The molecule has 0 fully saturated rings. The second kappa shape index (κ2) is 70.3. The normalized spacial score (nSPS) is 12.5. The number of ether oxygens (including phenoxy) is 3. The van der Waals surface area contributed by atoms with Crippen molar-refractivity contribution in [2.45, 2.75) is 380 Å². The smallest absolute Gasteiger partial charge is 0.306 e. The number of unbranched alkanes of at least 4 members (excludes halogenated alkanes) is 43. The van der Waals surface area contributed by atoms with Gasteiger partial charge in [0.25, 0.3) is 0 Å². The van der Waals surface area contributed by atoms with Gasteiger partial charge in [-0.2, -0.15) is 0 Å². The molecule has 0 saturated carbocycles. The highest BCUT2D eigenvalue weighted by molar-refractivity contribution is 5.71. The lowest BCUT2D eigenvalue weighted by Gasteiger charge is -2.18. The molecule has 1 atom stereocenters. The van der Waals surface area contributed by atoms with E-state index in [1.807, 2.05) is 0 Å². The third-order valence-corrected chi connectivity index (χ3v) is 15.9. The van der Waals surface area contributed by atoms with E-state index in [2.05, 4.69) is 93.7 Å². The van der Waals surface area contributed by atoms with Crippen LogP contribution in [0.5, 0.6) is 0 Å². The van der Waals surface area contributed by atoms with Crippen molar-refractivity contribution in [2.75, 3.05) is 13.2 Å². The average molecular weight is 1150 g/mol. The van der Waals surface area contributed by atoms with Gasteiger partial charge >= 0.3 is 17.9 Å². The van der Waals surface area contributed by atoms with Crippen molar-refractivity contribution in [3.8, 4) is 0 Å². The third-order valence-electron chi connectivity index (χ3n) is 15.9. The number of hydrogen-bond acceptors (Lipinski definition) is 6. The summed E-state index contributed by atoms with van der Waals surface area (Å²) in [7, 11) is 0. The molecule has 0 N–H and O–H groups in total. The Morgan fingerprint density at radius 1 is 0.256 bits per heavy atom. The molecule has 0 heterocycles. The molecule has 0 aromatic rings. The highest BCUT2D eigenvalue weighted by atomic mass is 16.6. The van der Waals surface area contributed by atoms with Gasteiger partial charge in [-0.15, -0.1) is 0 Å². The van der Waals surface area contributed by atoms with Crippen molar-refractivity contribution in [3.63, 3.8) is 0 Å². The Labute approximate surface area is 510 Å². The molecule has 6 nitrogen and oxygen atoms in total. The van der Waals surface area contributed by atoms with Crippen molar-refractivity contribution in [1.82, 2.24) is 0 Å². The van der Waals surface area contributed by atoms with Crippen LogP contribution in [0.3, 0.4) is 0 Å². The van der Waals surface area contributed by atoms with Crippen LogP contribution in [0.4, 0.5) is 0 Å². The molecule has 476 valence electrons. The number of rotatable bonds is 66. The van der Waals surface area contributed by atoms with Gasteiger partial charge in [0, 0.05) is 19.3 Å². The Morgan fingerprint density at radius 3 is 0.756 bits per heavy atom. The van der Waals surface area contributed by atoms with Gasteiger partial charge in [-0.1, -0.05) is 338 Å². The van der Waals surface area contributed by atoms with Gasteiger partial charge in [0.2, 0.25) is 0 Å². The molecule has 1 unspecified atom stereocenters. The van der Waals surface area contributed by atoms with E-state index >= 15 is 0 Å². The quantitative estimate of drug-likeness (QED) is 0.0261. The fourth-order valence-corrected chi connectivity index (χ4v) is 10.6. The van der Waals surface area contributed by atoms with Crippen LogP contribution in [0.25, 0.3) is 0 Å². The maximum Gasteiger partial charge on any atom is 0.306 e. The zero-order chi connectivity index (χ0) is 59.2. The second-order valence-electron chi connectivity index (χ2n) is 24.1. The minimum atomic E-state index is -0.782. The van der Waals surface area contributed by atoms with E-state index in [1.165, 1.54) is 231 Å². The van der Waals surface area contributed by atoms with Crippen LogP contribution in [0, 0.1) is 0 Å². The Kier molecular flexibility index (Phi) is 67.6. The first-order valence-electron chi connectivity index (χ1n) is 35.9. The first-order chi connectivity index (χ1) is 40.5. The van der Waals surface area contributed by atoms with Crippen LogP contribution in [0.1, 0.15) is 374 Å². The number of carbonyl (C=O) groups excluding carboxylic acids is 3. The molecular weight excluding hydrogens is 1010 g/mol. The summed E-state index contributed by atoms with van der Waals surface area (Å²) in [4.78, 5) is 38.5. The largest absolute Gasteiger partial charge is 0.462 e. The fourth-order valence-electron chi connectivity index (χ4n) is 10.6. The summed E-state index contributed by atoms with van der Waals surface area (Å²) in [6, 6.07) is 0. The van der Waals surface area contributed by atoms with Crippen LogP contribution in [0.2, 0.25) is 0 Å². The lowest BCUT2D eigenvalue weighted by Crippen LogP contribution is -2.30. The molecule has 0 saturated heterocycles. The van der Waals surface area contributed by atoms with Crippen molar-refractivity contribution in [3.05, 3.63) is 72.9 Å². The predicted molar refractivity (Wildman–Crippen MR) is 358 cm³/mol. The summed E-state index contributed by atoms with van der Waals surface area (Å²) in [5.74, 6) is -0.867. The summed E-state index contributed by atoms with van der Waals surface area (Å²) in [6.45, 7) is 6.58. The molecular formula is C76H136O6. The van der Waals surface area contributed by atoms with Gasteiger partial charge in [-0.05, 0) is 89.9 Å². The molecule has 0 aromatic heterocycles. The number of allylic oxidation sites excluding steroid dienone is 12. The standard InChI is InChI=1S/C76H136O6/c1-4-7-10-13-16-19-22-25-28-31-33-35-37-38-40-41-43-45-48-51-54-57-60-63-66-69-75(78)81-72-73(71-80-74(77)68-65-62-59-56-53-50-47-30-27-24-21-18-15-12-9-6-3)82-76(79)70-67-64-61-58-55-52-49-46-44-42-39-36-34-32-29-26-23-20-17-14-11-8-5-2/h7,10,16,19,25,28,30,33,35,38,40,47,73H,4-6,8-9,11-15,17-18,20-24,26-27,29,31-32,34,36-37,39,41-46,48-72H2,1-3H3/b10-7-,19-16-,28-25-,35-33-,40-38-,47-30-. The molecule has 0 spiro atoms. The van der Waals surface area contributed by atoms with Gasteiger partial charge < -0.3 is 14.2 Å². The molecule has 6 heteroatoms. The molecule has 0 aliphatic heterocycles. The topological polar surface area (TPSA) is 78.9 Å². The number of esters is 3. The summed E-state index contributed by atoms with van der Waals surface area (Å²) < 4.78 is 17.0. The lowest BCUT2D eigenvalue weighted by molar-refractivity contribution is -0.167. The summed E-state index contributed by atoms with van der Waals surface area (Å²) >= 11 is 0. The molecule has 0 radical (unpaired) electrons. The van der Waals surface area contributed by atoms with Gasteiger partial charge in [0.15, 0.2) is 6.10 Å². The Bertz CT molecular complexity index is 1500. The Morgan fingerprint density at radius 2 is 0.476 bits per heavy atom. The van der Waals surface area contributed by atoms with E-state index < -0.39 is 6.10 Å². The fraction of sp³-hybridized carbons (Fsp3) is 0.803. The Hall–Kier alpha value is -3.15. The monoisotopic (exact) mass is 1150 g/mol. The van der Waals surface area contributed by atoms with Gasteiger partial charge in [0.1, 0.15) is 13.2 Å². The molecule has 0 bridgehead atoms. The van der Waals surface area contributed by atoms with Crippen LogP contribution in [-0.2, 0) is 28.6 Å². The maximum absolute atomic E-state index is 13.0. The third kappa shape index (κ3) is 67.6. The van der Waals surface area contributed by atoms with E-state index in [0.717, 1.165) is 103 Å². The highest BCUT2D eigenvalue weighted by Gasteiger charge is 2.19. The van der Waals surface area contributed by atoms with Gasteiger partial charge in [0.05, 0.1) is 0 Å².